The summed E-state index contributed by atoms with van der Waals surface area (Å²) in [6, 6.07) is 11.9. The molecule has 0 fully saturated rings. The fourth-order valence-electron chi connectivity index (χ4n) is 2.93. The maximum absolute atomic E-state index is 5.27. The summed E-state index contributed by atoms with van der Waals surface area (Å²) >= 11 is 0. The third kappa shape index (κ3) is 3.64. The van der Waals surface area contributed by atoms with E-state index in [1.807, 2.05) is 30.3 Å². The van der Waals surface area contributed by atoms with Crippen molar-refractivity contribution >= 4 is 5.69 Å². The van der Waals surface area contributed by atoms with Gasteiger partial charge in [-0.3, -0.25) is 4.98 Å². The van der Waals surface area contributed by atoms with Gasteiger partial charge in [0.2, 0.25) is 0 Å². The van der Waals surface area contributed by atoms with Crippen LogP contribution < -0.4 is 0 Å². The van der Waals surface area contributed by atoms with E-state index in [4.69, 9.17) is 9.40 Å². The standard InChI is InChI=1S/C19H19N5O/c1-24-9-8-18-15(12-24)4-7-17(22-18)10-21-23-16-5-2-14(3-6-16)19-11-20-13-25-19/h2-7,11,13H,8-10,12H2,1H3. The first-order valence-corrected chi connectivity index (χ1v) is 8.30. The van der Waals surface area contributed by atoms with Gasteiger partial charge >= 0.3 is 0 Å². The lowest BCUT2D eigenvalue weighted by Crippen LogP contribution is -2.27. The van der Waals surface area contributed by atoms with Crippen molar-refractivity contribution < 1.29 is 4.42 Å². The van der Waals surface area contributed by atoms with Gasteiger partial charge in [-0.2, -0.15) is 10.2 Å². The fraction of sp³-hybridized carbons (Fsp3) is 0.263. The molecule has 1 aromatic carbocycles. The van der Waals surface area contributed by atoms with Crippen LogP contribution in [0.25, 0.3) is 11.3 Å². The average Bonchev–Trinajstić information content (AvgIpc) is 3.17. The highest BCUT2D eigenvalue weighted by Gasteiger charge is 2.14. The van der Waals surface area contributed by atoms with Gasteiger partial charge in [0.15, 0.2) is 12.2 Å². The van der Waals surface area contributed by atoms with Crippen molar-refractivity contribution in [2.45, 2.75) is 19.5 Å². The van der Waals surface area contributed by atoms with Crippen LogP contribution in [-0.4, -0.2) is 28.5 Å². The third-order valence-electron chi connectivity index (χ3n) is 4.30. The molecule has 0 spiro atoms. The van der Waals surface area contributed by atoms with Gasteiger partial charge in [0.1, 0.15) is 6.54 Å². The molecule has 0 aliphatic carbocycles. The van der Waals surface area contributed by atoms with Gasteiger partial charge in [-0.15, -0.1) is 0 Å². The Hall–Kier alpha value is -2.86. The monoisotopic (exact) mass is 333 g/mol. The number of azo groups is 1. The second-order valence-corrected chi connectivity index (χ2v) is 6.21. The number of benzene rings is 1. The van der Waals surface area contributed by atoms with Crippen LogP contribution in [0.5, 0.6) is 0 Å². The summed E-state index contributed by atoms with van der Waals surface area (Å²) in [4.78, 5) is 11.0. The normalized spacial score (nSPS) is 14.8. The number of aromatic nitrogens is 2. The molecule has 0 bridgehead atoms. The van der Waals surface area contributed by atoms with Crippen LogP contribution >= 0.6 is 0 Å². The maximum atomic E-state index is 5.27. The van der Waals surface area contributed by atoms with Crippen LogP contribution in [0, 0.1) is 0 Å². The zero-order valence-electron chi connectivity index (χ0n) is 14.1. The van der Waals surface area contributed by atoms with Crippen LogP contribution in [-0.2, 0) is 19.5 Å². The van der Waals surface area contributed by atoms with Crippen molar-refractivity contribution in [2.24, 2.45) is 10.2 Å². The summed E-state index contributed by atoms with van der Waals surface area (Å²) < 4.78 is 5.27. The molecule has 1 aliphatic rings. The predicted molar refractivity (Wildman–Crippen MR) is 94.4 cm³/mol. The smallest absolute Gasteiger partial charge is 0.181 e. The minimum Gasteiger partial charge on any atom is -0.444 e. The first-order chi connectivity index (χ1) is 12.3. The molecule has 6 nitrogen and oxygen atoms in total. The second kappa shape index (κ2) is 6.94. The van der Waals surface area contributed by atoms with E-state index in [9.17, 15) is 0 Å². The number of hydrogen-bond donors (Lipinski definition) is 0. The molecule has 0 atom stereocenters. The van der Waals surface area contributed by atoms with E-state index < -0.39 is 0 Å². The molecule has 25 heavy (non-hydrogen) atoms. The lowest BCUT2D eigenvalue weighted by atomic mass is 10.1. The molecule has 0 amide bonds. The predicted octanol–water partition coefficient (Wildman–Crippen LogP) is 4.01. The van der Waals surface area contributed by atoms with Gasteiger partial charge in [-0.05, 0) is 42.9 Å². The van der Waals surface area contributed by atoms with E-state index >= 15 is 0 Å². The summed E-state index contributed by atoms with van der Waals surface area (Å²) in [5.41, 5.74) is 5.26. The van der Waals surface area contributed by atoms with Crippen LogP contribution in [0.15, 0.2) is 63.6 Å². The minimum atomic E-state index is 0.493. The van der Waals surface area contributed by atoms with Gasteiger partial charge in [0.25, 0.3) is 0 Å². The number of nitrogens with zero attached hydrogens (tertiary/aromatic N) is 5. The third-order valence-corrected chi connectivity index (χ3v) is 4.30. The summed E-state index contributed by atoms with van der Waals surface area (Å²) in [5, 5.41) is 8.56. The number of rotatable bonds is 4. The molecule has 0 N–H and O–H groups in total. The first-order valence-electron chi connectivity index (χ1n) is 8.30. The molecule has 0 saturated heterocycles. The SMILES string of the molecule is CN1CCc2nc(CN=Nc3ccc(-c4cnco4)cc3)ccc2C1. The topological polar surface area (TPSA) is 66.9 Å². The number of fused-ring (bicyclic) bond motifs is 1. The number of hydrogen-bond acceptors (Lipinski definition) is 6. The van der Waals surface area contributed by atoms with Crippen LogP contribution in [0.4, 0.5) is 5.69 Å². The van der Waals surface area contributed by atoms with Crippen molar-refractivity contribution in [3.05, 3.63) is 65.9 Å². The lowest BCUT2D eigenvalue weighted by Gasteiger charge is -2.24. The molecule has 0 radical (unpaired) electrons. The highest BCUT2D eigenvalue weighted by Crippen LogP contribution is 2.22. The van der Waals surface area contributed by atoms with E-state index in [1.54, 1.807) is 6.20 Å². The van der Waals surface area contributed by atoms with Crippen molar-refractivity contribution in [2.75, 3.05) is 13.6 Å². The van der Waals surface area contributed by atoms with Crippen molar-refractivity contribution in [3.63, 3.8) is 0 Å². The Balaban J connectivity index is 1.41. The fourth-order valence-corrected chi connectivity index (χ4v) is 2.93. The van der Waals surface area contributed by atoms with Crippen LogP contribution in [0.1, 0.15) is 17.0 Å². The van der Waals surface area contributed by atoms with Crippen molar-refractivity contribution in [1.29, 1.82) is 0 Å². The largest absolute Gasteiger partial charge is 0.444 e. The Morgan fingerprint density at radius 1 is 1.16 bits per heavy atom. The van der Waals surface area contributed by atoms with Gasteiger partial charge in [0.05, 0.1) is 17.6 Å². The molecule has 0 saturated carbocycles. The van der Waals surface area contributed by atoms with Gasteiger partial charge < -0.3 is 9.32 Å². The van der Waals surface area contributed by atoms with Gasteiger partial charge in [0, 0.05) is 30.8 Å². The first kappa shape index (κ1) is 15.7. The molecule has 4 rings (SSSR count). The molecule has 3 heterocycles. The molecule has 126 valence electrons. The summed E-state index contributed by atoms with van der Waals surface area (Å²) in [6.07, 6.45) is 4.11. The van der Waals surface area contributed by atoms with Crippen molar-refractivity contribution in [1.82, 2.24) is 14.9 Å². The zero-order chi connectivity index (χ0) is 17.1. The second-order valence-electron chi connectivity index (χ2n) is 6.21. The Bertz CT molecular complexity index is 871. The highest BCUT2D eigenvalue weighted by molar-refractivity contribution is 5.59. The minimum absolute atomic E-state index is 0.493. The zero-order valence-corrected chi connectivity index (χ0v) is 14.1. The van der Waals surface area contributed by atoms with Crippen LogP contribution in [0.2, 0.25) is 0 Å². The summed E-state index contributed by atoms with van der Waals surface area (Å²) in [7, 11) is 2.14. The molecule has 3 aromatic rings. The Morgan fingerprint density at radius 2 is 2.04 bits per heavy atom. The Morgan fingerprint density at radius 3 is 2.84 bits per heavy atom. The average molecular weight is 333 g/mol. The Kier molecular flexibility index (Phi) is 4.35. The van der Waals surface area contributed by atoms with E-state index in [-0.39, 0.29) is 0 Å². The molecule has 2 aromatic heterocycles. The van der Waals surface area contributed by atoms with Crippen LogP contribution in [0.3, 0.4) is 0 Å². The number of pyridine rings is 1. The quantitative estimate of drug-likeness (QED) is 0.677. The van der Waals surface area contributed by atoms with E-state index in [2.05, 4.69) is 33.2 Å². The van der Waals surface area contributed by atoms with E-state index in [0.717, 1.165) is 42.2 Å². The lowest BCUT2D eigenvalue weighted by molar-refractivity contribution is 0.309. The van der Waals surface area contributed by atoms with Crippen molar-refractivity contribution in [3.8, 4) is 11.3 Å². The molecular weight excluding hydrogens is 314 g/mol. The molecule has 1 aliphatic heterocycles. The highest BCUT2D eigenvalue weighted by atomic mass is 16.3. The summed E-state index contributed by atoms with van der Waals surface area (Å²) in [6.45, 7) is 2.52. The number of likely N-dealkylation sites (N-methyl/N-ethyl adjacent to an activating group) is 1. The maximum Gasteiger partial charge on any atom is 0.181 e. The molecule has 6 heteroatoms. The van der Waals surface area contributed by atoms with Gasteiger partial charge in [-0.25, -0.2) is 4.98 Å². The van der Waals surface area contributed by atoms with E-state index in [0.29, 0.717) is 6.54 Å². The van der Waals surface area contributed by atoms with E-state index in [1.165, 1.54) is 17.7 Å². The number of oxazole rings is 1. The molecule has 0 unspecified atom stereocenters. The summed E-state index contributed by atoms with van der Waals surface area (Å²) in [5.74, 6) is 0.743. The van der Waals surface area contributed by atoms with Gasteiger partial charge in [-0.1, -0.05) is 6.07 Å². The Labute approximate surface area is 146 Å². The molecular formula is C19H19N5O.